The van der Waals surface area contributed by atoms with Crippen molar-refractivity contribution in [1.82, 2.24) is 15.5 Å². The van der Waals surface area contributed by atoms with E-state index in [9.17, 15) is 30.7 Å². The summed E-state index contributed by atoms with van der Waals surface area (Å²) in [5.74, 6) is -1.58. The molecule has 0 amide bonds. The summed E-state index contributed by atoms with van der Waals surface area (Å²) in [6.07, 6.45) is -5.49. The summed E-state index contributed by atoms with van der Waals surface area (Å²) in [6, 6.07) is 8.37. The fourth-order valence-electron chi connectivity index (χ4n) is 4.92. The second-order valence-corrected chi connectivity index (χ2v) is 10.8. The van der Waals surface area contributed by atoms with Crippen LogP contribution >= 0.6 is 11.6 Å². The summed E-state index contributed by atoms with van der Waals surface area (Å²) in [5.41, 5.74) is 0.643. The molecule has 0 unspecified atom stereocenters. The lowest BCUT2D eigenvalue weighted by molar-refractivity contribution is -0.136. The van der Waals surface area contributed by atoms with Crippen LogP contribution in [-0.2, 0) is 12.7 Å². The molecular formula is C30H23B3ClF7N6. The van der Waals surface area contributed by atoms with E-state index in [1.807, 2.05) is 0 Å². The maximum absolute atomic E-state index is 14.3. The summed E-state index contributed by atoms with van der Waals surface area (Å²) in [5, 5.41) is 11.5. The molecule has 6 nitrogen and oxygen atoms in total. The van der Waals surface area contributed by atoms with Gasteiger partial charge in [0, 0.05) is 51.9 Å². The molecule has 6 radical (unpaired) electrons. The highest BCUT2D eigenvalue weighted by Gasteiger charge is 2.35. The maximum Gasteiger partial charge on any atom is 0.417 e. The van der Waals surface area contributed by atoms with Gasteiger partial charge in [0.15, 0.2) is 5.82 Å². The highest BCUT2D eigenvalue weighted by atomic mass is 35.5. The van der Waals surface area contributed by atoms with Gasteiger partial charge in [0.1, 0.15) is 11.6 Å². The largest absolute Gasteiger partial charge is 0.417 e. The van der Waals surface area contributed by atoms with Crippen LogP contribution in [0.25, 0.3) is 16.5 Å². The average Bonchev–Trinajstić information content (AvgIpc) is 3.36. The third-order valence-corrected chi connectivity index (χ3v) is 7.19. The predicted molar refractivity (Wildman–Crippen MR) is 173 cm³/mol. The van der Waals surface area contributed by atoms with Crippen molar-refractivity contribution >= 4 is 74.5 Å². The van der Waals surface area contributed by atoms with Gasteiger partial charge < -0.3 is 20.4 Å². The van der Waals surface area contributed by atoms with E-state index in [4.69, 9.17) is 35.1 Å². The molecule has 0 bridgehead atoms. The quantitative estimate of drug-likeness (QED) is 0.158. The van der Waals surface area contributed by atoms with Gasteiger partial charge in [0.2, 0.25) is 0 Å². The molecule has 0 spiro atoms. The number of hydrogen-bond donors (Lipinski definition) is 2. The molecule has 0 fully saturated rings. The van der Waals surface area contributed by atoms with Gasteiger partial charge in [-0.05, 0) is 48.7 Å². The zero-order chi connectivity index (χ0) is 34.8. The van der Waals surface area contributed by atoms with Crippen LogP contribution in [0.4, 0.5) is 53.6 Å². The Hall–Kier alpha value is -4.33. The van der Waals surface area contributed by atoms with Crippen molar-refractivity contribution in [2.75, 3.05) is 28.7 Å². The summed E-state index contributed by atoms with van der Waals surface area (Å²) in [6.45, 7) is 7.11. The average molecular weight is 668 g/mol. The number of benzene rings is 3. The smallest absolute Gasteiger partial charge is 0.381 e. The van der Waals surface area contributed by atoms with Gasteiger partial charge in [0.05, 0.1) is 53.2 Å². The zero-order valence-electron chi connectivity index (χ0n) is 24.6. The van der Waals surface area contributed by atoms with E-state index in [1.165, 1.54) is 53.4 Å². The third kappa shape index (κ3) is 7.98. The Balaban J connectivity index is 0.000000546. The topological polar surface area (TPSA) is 56.3 Å². The van der Waals surface area contributed by atoms with Crippen LogP contribution in [0.3, 0.4) is 0 Å². The first-order valence-corrected chi connectivity index (χ1v) is 13.9. The lowest BCUT2D eigenvalue weighted by Gasteiger charge is -2.40. The van der Waals surface area contributed by atoms with E-state index in [0.717, 1.165) is 12.3 Å². The van der Waals surface area contributed by atoms with Crippen molar-refractivity contribution in [1.29, 1.82) is 0 Å². The number of alkyl halides is 5. The first-order valence-electron chi connectivity index (χ1n) is 13.5. The fourth-order valence-corrected chi connectivity index (χ4v) is 5.05. The van der Waals surface area contributed by atoms with Crippen molar-refractivity contribution in [3.63, 3.8) is 0 Å². The van der Waals surface area contributed by atoms with Crippen molar-refractivity contribution < 1.29 is 30.7 Å². The van der Waals surface area contributed by atoms with E-state index in [1.54, 1.807) is 0 Å². The van der Waals surface area contributed by atoms with Gasteiger partial charge in [0.25, 0.3) is 6.43 Å². The number of aromatic nitrogens is 2. The third-order valence-electron chi connectivity index (χ3n) is 6.94. The second-order valence-electron chi connectivity index (χ2n) is 10.4. The number of anilines is 4. The highest BCUT2D eigenvalue weighted by Crippen LogP contribution is 2.47. The van der Waals surface area contributed by atoms with Crippen molar-refractivity contribution in [3.8, 4) is 0 Å². The van der Waals surface area contributed by atoms with E-state index < -0.39 is 35.8 Å². The molecule has 0 saturated carbocycles. The van der Waals surface area contributed by atoms with Crippen LogP contribution in [0.5, 0.6) is 0 Å². The number of hydrogen-bond acceptors (Lipinski definition) is 6. The van der Waals surface area contributed by atoms with Crippen molar-refractivity contribution in [3.05, 3.63) is 101 Å². The minimum atomic E-state index is -4.86. The Morgan fingerprint density at radius 2 is 1.72 bits per heavy atom. The van der Waals surface area contributed by atoms with Gasteiger partial charge in [-0.3, -0.25) is 0 Å². The van der Waals surface area contributed by atoms with Gasteiger partial charge in [-0.15, -0.1) is 5.10 Å². The van der Waals surface area contributed by atoms with Gasteiger partial charge in [-0.2, -0.15) is 18.3 Å². The monoisotopic (exact) mass is 668 g/mol. The molecule has 4 aromatic rings. The van der Waals surface area contributed by atoms with Gasteiger partial charge in [-0.25, -0.2) is 17.6 Å². The molecule has 47 heavy (non-hydrogen) atoms. The lowest BCUT2D eigenvalue weighted by Crippen LogP contribution is -2.48. The van der Waals surface area contributed by atoms with Crippen LogP contribution in [-0.4, -0.2) is 59.0 Å². The molecular weight excluding hydrogens is 645 g/mol. The number of fused-ring (bicyclic) bond motifs is 2. The minimum Gasteiger partial charge on any atom is -0.381 e. The molecule has 238 valence electrons. The number of halogens is 8. The SMILES string of the molecule is Fc1ccc(Cl)cc1.[B]C([B])([B])N(C=C)c1c(N(C)CC(F)F)cc(Nc2nncc3c(C(F)(F)F)cc(F)cc23)c2c1C(=C)NC2. The van der Waals surface area contributed by atoms with Crippen LogP contribution in [0, 0.1) is 11.6 Å². The van der Waals surface area contributed by atoms with Crippen LogP contribution in [0.2, 0.25) is 5.02 Å². The summed E-state index contributed by atoms with van der Waals surface area (Å²) >= 11 is 5.44. The van der Waals surface area contributed by atoms with E-state index in [-0.39, 0.29) is 46.0 Å². The molecule has 3 aromatic carbocycles. The van der Waals surface area contributed by atoms with E-state index in [2.05, 4.69) is 34.0 Å². The lowest BCUT2D eigenvalue weighted by atomic mass is 9.48. The second kappa shape index (κ2) is 13.8. The normalized spacial score (nSPS) is 12.7. The van der Waals surface area contributed by atoms with E-state index >= 15 is 0 Å². The van der Waals surface area contributed by atoms with Crippen LogP contribution < -0.4 is 20.4 Å². The van der Waals surface area contributed by atoms with Crippen molar-refractivity contribution in [2.45, 2.75) is 24.4 Å². The molecule has 1 aromatic heterocycles. The van der Waals surface area contributed by atoms with E-state index in [0.29, 0.717) is 27.9 Å². The Kier molecular flexibility index (Phi) is 10.4. The Labute approximate surface area is 274 Å². The Morgan fingerprint density at radius 1 is 1.06 bits per heavy atom. The summed E-state index contributed by atoms with van der Waals surface area (Å²) in [7, 11) is 19.2. The van der Waals surface area contributed by atoms with Crippen LogP contribution in [0.1, 0.15) is 16.7 Å². The number of nitrogens with zero attached hydrogens (tertiary/aromatic N) is 4. The summed E-state index contributed by atoms with van der Waals surface area (Å²) < 4.78 is 94.0. The zero-order valence-corrected chi connectivity index (χ0v) is 25.4. The van der Waals surface area contributed by atoms with Crippen LogP contribution in [0.15, 0.2) is 68.0 Å². The highest BCUT2D eigenvalue weighted by molar-refractivity contribution is 6.61. The Morgan fingerprint density at radius 3 is 2.28 bits per heavy atom. The molecule has 2 N–H and O–H groups in total. The van der Waals surface area contributed by atoms with Gasteiger partial charge in [-0.1, -0.05) is 30.0 Å². The molecule has 0 saturated heterocycles. The molecule has 1 aliphatic heterocycles. The summed E-state index contributed by atoms with van der Waals surface area (Å²) in [4.78, 5) is 2.41. The Bertz CT molecular complexity index is 1780. The predicted octanol–water partition coefficient (Wildman–Crippen LogP) is 6.85. The van der Waals surface area contributed by atoms with Gasteiger partial charge >= 0.3 is 6.18 Å². The first kappa shape index (κ1) is 35.5. The standard InChI is InChI=1S/C24H19B3F6N6.C6H4ClF/c1-4-39(24(25,26)27)21-18(38(3)10-19(29)30)7-17(15-8-34-11(2)20(15)21)36-22-13-5-12(28)6-16(23(31,32)33)14(13)9-35-37-22;7-5-1-3-6(8)4-2-5/h4-7,9,19,34H,1-2,8,10H2,3H3,(H,36,37);1-4H. The molecule has 1 aliphatic rings. The molecule has 0 atom stereocenters. The molecule has 17 heteroatoms. The number of rotatable bonds is 8. The molecule has 5 rings (SSSR count). The fraction of sp³-hybridized carbons (Fsp3) is 0.200. The first-order chi connectivity index (χ1) is 21.9. The molecule has 2 heterocycles. The minimum absolute atomic E-state index is 0.155. The number of nitrogens with one attached hydrogen (secondary N) is 2. The molecule has 0 aliphatic carbocycles. The maximum atomic E-state index is 14.3. The van der Waals surface area contributed by atoms with Crippen molar-refractivity contribution in [2.24, 2.45) is 0 Å².